The van der Waals surface area contributed by atoms with Gasteiger partial charge in [0.25, 0.3) is 0 Å². The third-order valence-electron chi connectivity index (χ3n) is 4.49. The van der Waals surface area contributed by atoms with E-state index in [9.17, 15) is 9.18 Å². The standard InChI is InChI=1S/C19H30FN5O.HI/c1-4-21-19(24-15-8-10-18(26)22-13-15)23-12-14-7-9-17(16(20)11-14)25(5-2)6-3;/h7,9,11,15H,4-6,8,10,12-13H2,1-3H3,(H,22,26)(H2,21,23,24);1H. The van der Waals surface area contributed by atoms with E-state index in [1.807, 2.05) is 37.8 Å². The number of aliphatic imine (C=N–C) groups is 1. The van der Waals surface area contributed by atoms with Gasteiger partial charge in [-0.3, -0.25) is 4.79 Å². The van der Waals surface area contributed by atoms with Gasteiger partial charge in [0.1, 0.15) is 5.82 Å². The van der Waals surface area contributed by atoms with Crippen LogP contribution in [0.5, 0.6) is 0 Å². The number of nitrogens with zero attached hydrogens (tertiary/aromatic N) is 2. The van der Waals surface area contributed by atoms with Gasteiger partial charge in [0.15, 0.2) is 5.96 Å². The number of halogens is 2. The van der Waals surface area contributed by atoms with Crippen molar-refractivity contribution >= 4 is 41.5 Å². The first-order valence-electron chi connectivity index (χ1n) is 9.42. The number of benzene rings is 1. The van der Waals surface area contributed by atoms with Gasteiger partial charge >= 0.3 is 0 Å². The first kappa shape index (κ1) is 23.5. The van der Waals surface area contributed by atoms with Crippen LogP contribution in [0.2, 0.25) is 0 Å². The van der Waals surface area contributed by atoms with Crippen molar-refractivity contribution in [2.24, 2.45) is 4.99 Å². The fourth-order valence-electron chi connectivity index (χ4n) is 3.01. The molecule has 152 valence electrons. The molecule has 0 bridgehead atoms. The quantitative estimate of drug-likeness (QED) is 0.312. The van der Waals surface area contributed by atoms with Crippen LogP contribution in [0.15, 0.2) is 23.2 Å². The second-order valence-corrected chi connectivity index (χ2v) is 6.34. The first-order valence-corrected chi connectivity index (χ1v) is 9.42. The topological polar surface area (TPSA) is 68.8 Å². The Labute approximate surface area is 178 Å². The second-order valence-electron chi connectivity index (χ2n) is 6.34. The van der Waals surface area contributed by atoms with Gasteiger partial charge in [-0.15, -0.1) is 24.0 Å². The molecule has 1 heterocycles. The number of carbonyl (C=O) groups excluding carboxylic acids is 1. The number of hydrogen-bond acceptors (Lipinski definition) is 3. The van der Waals surface area contributed by atoms with Gasteiger partial charge in [0.05, 0.1) is 12.2 Å². The first-order chi connectivity index (χ1) is 12.6. The summed E-state index contributed by atoms with van der Waals surface area (Å²) in [4.78, 5) is 17.8. The molecule has 1 amide bonds. The number of carbonyl (C=O) groups is 1. The largest absolute Gasteiger partial charge is 0.370 e. The summed E-state index contributed by atoms with van der Waals surface area (Å²) in [6.07, 6.45) is 1.30. The van der Waals surface area contributed by atoms with Crippen LogP contribution in [-0.4, -0.2) is 44.1 Å². The van der Waals surface area contributed by atoms with E-state index in [1.165, 1.54) is 0 Å². The van der Waals surface area contributed by atoms with Gasteiger partial charge in [0.2, 0.25) is 5.91 Å². The zero-order valence-electron chi connectivity index (χ0n) is 16.3. The lowest BCUT2D eigenvalue weighted by atomic mass is 10.1. The lowest BCUT2D eigenvalue weighted by Gasteiger charge is -2.25. The van der Waals surface area contributed by atoms with Crippen LogP contribution in [0.4, 0.5) is 10.1 Å². The molecule has 1 aromatic rings. The van der Waals surface area contributed by atoms with Crippen molar-refractivity contribution in [3.63, 3.8) is 0 Å². The lowest BCUT2D eigenvalue weighted by molar-refractivity contribution is -0.122. The summed E-state index contributed by atoms with van der Waals surface area (Å²) in [7, 11) is 0. The lowest BCUT2D eigenvalue weighted by Crippen LogP contribution is -2.51. The Morgan fingerprint density at radius 1 is 1.33 bits per heavy atom. The molecule has 2 rings (SSSR count). The zero-order chi connectivity index (χ0) is 18.9. The van der Waals surface area contributed by atoms with Gasteiger partial charge in [-0.1, -0.05) is 6.07 Å². The van der Waals surface area contributed by atoms with Crippen molar-refractivity contribution in [2.75, 3.05) is 31.1 Å². The zero-order valence-corrected chi connectivity index (χ0v) is 18.7. The highest BCUT2D eigenvalue weighted by Crippen LogP contribution is 2.20. The predicted octanol–water partition coefficient (Wildman–Crippen LogP) is 2.62. The van der Waals surface area contributed by atoms with Crippen LogP contribution in [0.25, 0.3) is 0 Å². The van der Waals surface area contributed by atoms with E-state index in [4.69, 9.17) is 0 Å². The van der Waals surface area contributed by atoms with Gasteiger partial charge < -0.3 is 20.9 Å². The molecule has 1 atom stereocenters. The minimum absolute atomic E-state index is 0. The molecule has 0 saturated carbocycles. The highest BCUT2D eigenvalue weighted by atomic mass is 127. The van der Waals surface area contributed by atoms with E-state index in [2.05, 4.69) is 20.9 Å². The van der Waals surface area contributed by atoms with Gasteiger partial charge in [-0.25, -0.2) is 9.38 Å². The average molecular weight is 491 g/mol. The SMILES string of the molecule is CCNC(=NCc1ccc(N(CC)CC)c(F)c1)NC1CCC(=O)NC1.I. The minimum atomic E-state index is -0.214. The van der Waals surface area contributed by atoms with E-state index < -0.39 is 0 Å². The van der Waals surface area contributed by atoms with Crippen LogP contribution < -0.4 is 20.9 Å². The molecule has 0 radical (unpaired) electrons. The van der Waals surface area contributed by atoms with Gasteiger partial charge in [-0.05, 0) is 44.9 Å². The van der Waals surface area contributed by atoms with Crippen molar-refractivity contribution < 1.29 is 9.18 Å². The molecular formula is C19H31FIN5O. The number of hydrogen-bond donors (Lipinski definition) is 3. The van der Waals surface area contributed by atoms with E-state index >= 15 is 0 Å². The number of anilines is 1. The molecule has 1 aliphatic rings. The van der Waals surface area contributed by atoms with Gasteiger partial charge in [0, 0.05) is 38.6 Å². The fourth-order valence-corrected chi connectivity index (χ4v) is 3.01. The molecule has 1 saturated heterocycles. The smallest absolute Gasteiger partial charge is 0.220 e. The molecule has 1 aliphatic heterocycles. The Morgan fingerprint density at radius 3 is 2.63 bits per heavy atom. The second kappa shape index (κ2) is 12.0. The minimum Gasteiger partial charge on any atom is -0.370 e. The molecule has 3 N–H and O–H groups in total. The summed E-state index contributed by atoms with van der Waals surface area (Å²) < 4.78 is 14.4. The molecule has 1 unspecified atom stereocenters. The molecular weight excluding hydrogens is 460 g/mol. The Hall–Kier alpha value is -1.58. The summed E-state index contributed by atoms with van der Waals surface area (Å²) in [6, 6.07) is 5.46. The van der Waals surface area contributed by atoms with E-state index in [1.54, 1.807) is 6.07 Å². The van der Waals surface area contributed by atoms with E-state index in [0.717, 1.165) is 31.6 Å². The van der Waals surface area contributed by atoms with Crippen LogP contribution in [-0.2, 0) is 11.3 Å². The summed E-state index contributed by atoms with van der Waals surface area (Å²) in [5.41, 5.74) is 1.46. The van der Waals surface area contributed by atoms with Crippen molar-refractivity contribution in [2.45, 2.75) is 46.2 Å². The number of piperidine rings is 1. The third kappa shape index (κ3) is 7.15. The van der Waals surface area contributed by atoms with Crippen molar-refractivity contribution in [1.82, 2.24) is 16.0 Å². The molecule has 8 heteroatoms. The molecule has 1 fully saturated rings. The maximum Gasteiger partial charge on any atom is 0.220 e. The van der Waals surface area contributed by atoms with Crippen LogP contribution >= 0.6 is 24.0 Å². The fraction of sp³-hybridized carbons (Fsp3) is 0.579. The van der Waals surface area contributed by atoms with Crippen LogP contribution in [0.1, 0.15) is 39.2 Å². The Kier molecular flexibility index (Phi) is 10.4. The Morgan fingerprint density at radius 2 is 2.07 bits per heavy atom. The predicted molar refractivity (Wildman–Crippen MR) is 119 cm³/mol. The highest BCUT2D eigenvalue weighted by molar-refractivity contribution is 14.0. The Balaban J connectivity index is 0.00000364. The molecule has 1 aromatic carbocycles. The van der Waals surface area contributed by atoms with Crippen molar-refractivity contribution in [3.05, 3.63) is 29.6 Å². The molecule has 0 aromatic heterocycles. The maximum atomic E-state index is 14.4. The number of guanidine groups is 1. The van der Waals surface area contributed by atoms with Crippen LogP contribution in [0, 0.1) is 5.82 Å². The highest BCUT2D eigenvalue weighted by Gasteiger charge is 2.18. The number of nitrogens with one attached hydrogen (secondary N) is 3. The Bertz CT molecular complexity index is 627. The normalized spacial score (nSPS) is 17.0. The van der Waals surface area contributed by atoms with E-state index in [-0.39, 0.29) is 41.7 Å². The molecule has 0 spiro atoms. The monoisotopic (exact) mass is 491 g/mol. The van der Waals surface area contributed by atoms with E-state index in [0.29, 0.717) is 31.2 Å². The van der Waals surface area contributed by atoms with Crippen molar-refractivity contribution in [1.29, 1.82) is 0 Å². The number of rotatable bonds is 7. The summed E-state index contributed by atoms with van der Waals surface area (Å²) in [5, 5.41) is 9.38. The molecule has 0 aliphatic carbocycles. The molecule has 6 nitrogen and oxygen atoms in total. The maximum absolute atomic E-state index is 14.4. The summed E-state index contributed by atoms with van der Waals surface area (Å²) >= 11 is 0. The average Bonchev–Trinajstić information content (AvgIpc) is 2.64. The molecule has 27 heavy (non-hydrogen) atoms. The third-order valence-corrected chi connectivity index (χ3v) is 4.49. The number of amides is 1. The van der Waals surface area contributed by atoms with Gasteiger partial charge in [-0.2, -0.15) is 0 Å². The summed E-state index contributed by atoms with van der Waals surface area (Å²) in [5.74, 6) is 0.560. The van der Waals surface area contributed by atoms with Crippen molar-refractivity contribution in [3.8, 4) is 0 Å². The summed E-state index contributed by atoms with van der Waals surface area (Å²) in [6.45, 7) is 9.31. The van der Waals surface area contributed by atoms with Crippen LogP contribution in [0.3, 0.4) is 0 Å².